The summed E-state index contributed by atoms with van der Waals surface area (Å²) in [4.78, 5) is 0. The highest BCUT2D eigenvalue weighted by molar-refractivity contribution is 7.98. The fourth-order valence-corrected chi connectivity index (χ4v) is 3.69. The first kappa shape index (κ1) is 14.0. The Morgan fingerprint density at radius 1 is 1.33 bits per heavy atom. The van der Waals surface area contributed by atoms with Gasteiger partial charge in [0.2, 0.25) is 0 Å². The molecule has 0 amide bonds. The van der Waals surface area contributed by atoms with Gasteiger partial charge in [0, 0.05) is 6.04 Å². The van der Waals surface area contributed by atoms with Crippen LogP contribution in [0, 0.1) is 5.92 Å². The van der Waals surface area contributed by atoms with Crippen LogP contribution in [0.5, 0.6) is 0 Å². The Bertz CT molecular complexity index is 364. The Hall–Kier alpha value is -0.470. The van der Waals surface area contributed by atoms with Crippen LogP contribution in [0.2, 0.25) is 0 Å². The van der Waals surface area contributed by atoms with Crippen LogP contribution in [-0.2, 0) is 6.42 Å². The van der Waals surface area contributed by atoms with Crippen LogP contribution in [0.3, 0.4) is 0 Å². The van der Waals surface area contributed by atoms with Crippen LogP contribution >= 0.6 is 11.8 Å². The molecule has 0 heterocycles. The van der Waals surface area contributed by atoms with E-state index < -0.39 is 0 Å². The molecular weight excluding hydrogens is 238 g/mol. The largest absolute Gasteiger partial charge is 0.313 e. The number of hydrogen-bond acceptors (Lipinski definition) is 2. The van der Waals surface area contributed by atoms with Crippen LogP contribution in [-0.4, -0.2) is 19.1 Å². The number of rotatable bonds is 5. The second-order valence-corrected chi connectivity index (χ2v) is 6.24. The van der Waals surface area contributed by atoms with Crippen molar-refractivity contribution >= 4 is 11.8 Å². The van der Waals surface area contributed by atoms with E-state index in [4.69, 9.17) is 0 Å². The first-order chi connectivity index (χ1) is 8.86. The highest BCUT2D eigenvalue weighted by Gasteiger charge is 2.25. The predicted molar refractivity (Wildman–Crippen MR) is 82.3 cm³/mol. The molecule has 2 unspecified atom stereocenters. The van der Waals surface area contributed by atoms with Crippen molar-refractivity contribution < 1.29 is 0 Å². The molecule has 1 nitrogen and oxygen atoms in total. The third kappa shape index (κ3) is 3.30. The van der Waals surface area contributed by atoms with E-state index >= 15 is 0 Å². The van der Waals surface area contributed by atoms with Crippen molar-refractivity contribution in [2.75, 3.05) is 19.1 Å². The van der Waals surface area contributed by atoms with Crippen LogP contribution in [0.15, 0.2) is 24.3 Å². The van der Waals surface area contributed by atoms with E-state index in [9.17, 15) is 0 Å². The van der Waals surface area contributed by atoms with E-state index in [1.54, 1.807) is 11.1 Å². The zero-order valence-electron chi connectivity index (χ0n) is 11.6. The maximum atomic E-state index is 3.57. The lowest BCUT2D eigenvalue weighted by atomic mass is 9.87. The minimum absolute atomic E-state index is 0.561. The lowest BCUT2D eigenvalue weighted by Gasteiger charge is -2.26. The van der Waals surface area contributed by atoms with Crippen LogP contribution in [0.4, 0.5) is 0 Å². The number of benzene rings is 1. The third-order valence-electron chi connectivity index (χ3n) is 4.12. The average Bonchev–Trinajstić information content (AvgIpc) is 2.58. The minimum Gasteiger partial charge on any atom is -0.313 e. The Labute approximate surface area is 116 Å². The average molecular weight is 263 g/mol. The molecule has 1 N–H and O–H groups in total. The number of hydrogen-bond donors (Lipinski definition) is 1. The summed E-state index contributed by atoms with van der Waals surface area (Å²) in [6.07, 6.45) is 8.89. The number of fused-ring (bicyclic) bond motifs is 1. The summed E-state index contributed by atoms with van der Waals surface area (Å²) >= 11 is 1.97. The first-order valence-electron chi connectivity index (χ1n) is 7.11. The highest BCUT2D eigenvalue weighted by atomic mass is 32.2. The van der Waals surface area contributed by atoms with Gasteiger partial charge in [-0.25, -0.2) is 0 Å². The summed E-state index contributed by atoms with van der Waals surface area (Å²) in [5.74, 6) is 2.11. The molecule has 0 bridgehead atoms. The van der Waals surface area contributed by atoms with E-state index in [2.05, 4.69) is 42.9 Å². The molecule has 2 rings (SSSR count). The van der Waals surface area contributed by atoms with Gasteiger partial charge in [-0.1, -0.05) is 24.3 Å². The van der Waals surface area contributed by atoms with Gasteiger partial charge >= 0.3 is 0 Å². The topological polar surface area (TPSA) is 12.0 Å². The molecule has 2 heteroatoms. The summed E-state index contributed by atoms with van der Waals surface area (Å²) in [5.41, 5.74) is 3.11. The number of nitrogens with one attached hydrogen (secondary N) is 1. The van der Waals surface area contributed by atoms with Crippen molar-refractivity contribution in [3.63, 3.8) is 0 Å². The van der Waals surface area contributed by atoms with Crippen molar-refractivity contribution in [2.24, 2.45) is 5.92 Å². The van der Waals surface area contributed by atoms with Crippen LogP contribution in [0.1, 0.15) is 42.9 Å². The molecule has 1 aromatic carbocycles. The van der Waals surface area contributed by atoms with Crippen molar-refractivity contribution in [1.82, 2.24) is 5.32 Å². The summed E-state index contributed by atoms with van der Waals surface area (Å²) in [7, 11) is 2.12. The van der Waals surface area contributed by atoms with Gasteiger partial charge in [0.25, 0.3) is 0 Å². The third-order valence-corrected chi connectivity index (χ3v) is 4.81. The van der Waals surface area contributed by atoms with Gasteiger partial charge in [-0.2, -0.15) is 11.8 Å². The standard InChI is InChI=1S/C16H25NS/c1-17-16-14(10-6-12-18-2)9-5-8-13-7-3-4-11-15(13)16/h3-4,7,11,14,16-17H,5-6,8-10,12H2,1-2H3. The van der Waals surface area contributed by atoms with Crippen molar-refractivity contribution in [1.29, 1.82) is 0 Å². The Balaban J connectivity index is 2.12. The first-order valence-corrected chi connectivity index (χ1v) is 8.50. The highest BCUT2D eigenvalue weighted by Crippen LogP contribution is 2.35. The summed E-state index contributed by atoms with van der Waals surface area (Å²) < 4.78 is 0. The van der Waals surface area contributed by atoms with Gasteiger partial charge in [-0.05, 0) is 68.2 Å². The molecule has 1 aliphatic rings. The smallest absolute Gasteiger partial charge is 0.0348 e. The van der Waals surface area contributed by atoms with Gasteiger partial charge in [0.15, 0.2) is 0 Å². The Morgan fingerprint density at radius 3 is 2.94 bits per heavy atom. The molecule has 0 aromatic heterocycles. The maximum absolute atomic E-state index is 3.57. The van der Waals surface area contributed by atoms with E-state index in [0.717, 1.165) is 5.92 Å². The molecule has 100 valence electrons. The molecule has 0 fully saturated rings. The van der Waals surface area contributed by atoms with Gasteiger partial charge in [-0.3, -0.25) is 0 Å². The second-order valence-electron chi connectivity index (χ2n) is 5.25. The van der Waals surface area contributed by atoms with Crippen molar-refractivity contribution in [3.8, 4) is 0 Å². The molecule has 0 saturated heterocycles. The summed E-state index contributed by atoms with van der Waals surface area (Å²) in [6.45, 7) is 0. The van der Waals surface area contributed by atoms with Crippen molar-refractivity contribution in [3.05, 3.63) is 35.4 Å². The predicted octanol–water partition coefficient (Wildman–Crippen LogP) is 4.04. The molecule has 0 radical (unpaired) electrons. The Kier molecular flexibility index (Phi) is 5.58. The summed E-state index contributed by atoms with van der Waals surface area (Å²) in [5, 5.41) is 3.57. The second kappa shape index (κ2) is 7.20. The summed E-state index contributed by atoms with van der Waals surface area (Å²) in [6, 6.07) is 9.56. The molecule has 0 spiro atoms. The quantitative estimate of drug-likeness (QED) is 0.635. The van der Waals surface area contributed by atoms with E-state index in [1.807, 2.05) is 11.8 Å². The molecular formula is C16H25NS. The maximum Gasteiger partial charge on any atom is 0.0348 e. The van der Waals surface area contributed by atoms with Crippen molar-refractivity contribution in [2.45, 2.75) is 38.1 Å². The van der Waals surface area contributed by atoms with E-state index in [1.165, 1.54) is 37.9 Å². The van der Waals surface area contributed by atoms with E-state index in [0.29, 0.717) is 6.04 Å². The normalized spacial score (nSPS) is 23.4. The lowest BCUT2D eigenvalue weighted by molar-refractivity contribution is 0.337. The van der Waals surface area contributed by atoms with Crippen LogP contribution < -0.4 is 5.32 Å². The van der Waals surface area contributed by atoms with Gasteiger partial charge in [-0.15, -0.1) is 0 Å². The molecule has 0 saturated carbocycles. The molecule has 1 aromatic rings. The molecule has 18 heavy (non-hydrogen) atoms. The SMILES string of the molecule is CNC1c2ccccc2CCCC1CCCSC. The fraction of sp³-hybridized carbons (Fsp3) is 0.625. The van der Waals surface area contributed by atoms with Gasteiger partial charge in [0.1, 0.15) is 0 Å². The Morgan fingerprint density at radius 2 is 2.17 bits per heavy atom. The van der Waals surface area contributed by atoms with Gasteiger partial charge < -0.3 is 5.32 Å². The van der Waals surface area contributed by atoms with Gasteiger partial charge in [0.05, 0.1) is 0 Å². The molecule has 2 atom stereocenters. The lowest BCUT2D eigenvalue weighted by Crippen LogP contribution is -2.25. The monoisotopic (exact) mass is 263 g/mol. The van der Waals surface area contributed by atoms with Crippen LogP contribution in [0.25, 0.3) is 0 Å². The minimum atomic E-state index is 0.561. The van der Waals surface area contributed by atoms with E-state index in [-0.39, 0.29) is 0 Å². The molecule has 1 aliphatic carbocycles. The fourth-order valence-electron chi connectivity index (χ4n) is 3.23. The zero-order chi connectivity index (χ0) is 12.8. The number of aryl methyl sites for hydroxylation is 1. The molecule has 0 aliphatic heterocycles. The number of thioether (sulfide) groups is 1. The zero-order valence-corrected chi connectivity index (χ0v) is 12.4.